The van der Waals surface area contributed by atoms with Gasteiger partial charge in [-0.1, -0.05) is 61.7 Å². The van der Waals surface area contributed by atoms with Crippen molar-refractivity contribution in [3.8, 4) is 23.0 Å². The highest BCUT2D eigenvalue weighted by Crippen LogP contribution is 2.28. The van der Waals surface area contributed by atoms with E-state index in [9.17, 15) is 9.59 Å². The Morgan fingerprint density at radius 2 is 1.41 bits per heavy atom. The molecule has 3 aromatic rings. The molecule has 4 rings (SSSR count). The second-order valence-electron chi connectivity index (χ2n) is 10.3. The Bertz CT molecular complexity index is 1250. The van der Waals surface area contributed by atoms with E-state index in [2.05, 4.69) is 5.32 Å². The van der Waals surface area contributed by atoms with Crippen LogP contribution in [0.4, 0.5) is 0 Å². The number of hydrogen-bond donors (Lipinski definition) is 1. The molecule has 2 amide bonds. The van der Waals surface area contributed by atoms with Gasteiger partial charge >= 0.3 is 0 Å². The number of carbonyl (C=O) groups is 2. The van der Waals surface area contributed by atoms with Gasteiger partial charge in [0.1, 0.15) is 29.0 Å². The molecule has 1 aliphatic carbocycles. The van der Waals surface area contributed by atoms with Gasteiger partial charge in [0.25, 0.3) is 5.91 Å². The molecule has 41 heavy (non-hydrogen) atoms. The zero-order chi connectivity index (χ0) is 29.0. The van der Waals surface area contributed by atoms with Gasteiger partial charge in [0, 0.05) is 37.2 Å². The summed E-state index contributed by atoms with van der Waals surface area (Å²) < 4.78 is 22.0. The van der Waals surface area contributed by atoms with Crippen molar-refractivity contribution in [2.24, 2.45) is 0 Å². The zero-order valence-electron chi connectivity index (χ0n) is 24.1. The van der Waals surface area contributed by atoms with Crippen LogP contribution in [-0.4, -0.2) is 56.7 Å². The fourth-order valence-corrected chi connectivity index (χ4v) is 5.16. The molecule has 0 spiro atoms. The number of carbonyl (C=O) groups excluding carboxylic acids is 2. The first-order valence-electron chi connectivity index (χ1n) is 14.1. The maximum Gasteiger partial charge on any atom is 0.261 e. The Kier molecular flexibility index (Phi) is 10.9. The lowest BCUT2D eigenvalue weighted by Gasteiger charge is -2.33. The molecule has 1 saturated carbocycles. The van der Waals surface area contributed by atoms with Crippen LogP contribution in [0.5, 0.6) is 23.0 Å². The van der Waals surface area contributed by atoms with Gasteiger partial charge in [0.2, 0.25) is 5.91 Å². The van der Waals surface area contributed by atoms with Crippen molar-refractivity contribution >= 4 is 11.8 Å². The predicted molar refractivity (Wildman–Crippen MR) is 158 cm³/mol. The quantitative estimate of drug-likeness (QED) is 0.310. The van der Waals surface area contributed by atoms with E-state index in [1.165, 1.54) is 6.42 Å². The first kappa shape index (κ1) is 29.8. The van der Waals surface area contributed by atoms with Crippen molar-refractivity contribution in [1.82, 2.24) is 10.2 Å². The number of rotatable bonds is 13. The number of methoxy groups -OCH3 is 3. The van der Waals surface area contributed by atoms with E-state index in [1.807, 2.05) is 54.6 Å². The number of nitrogens with one attached hydrogen (secondary N) is 1. The minimum absolute atomic E-state index is 0.115. The molecule has 0 bridgehead atoms. The average Bonchev–Trinajstić information content (AvgIpc) is 3.02. The van der Waals surface area contributed by atoms with E-state index in [0.717, 1.165) is 36.8 Å². The summed E-state index contributed by atoms with van der Waals surface area (Å²) in [6.45, 7) is -0.0430. The van der Waals surface area contributed by atoms with E-state index < -0.39 is 6.04 Å². The number of amides is 2. The SMILES string of the molecule is COc1cccc(CN(C(=O)COc2cc(OC)cc(OC)c2)[C@@H](Cc2ccccc2)C(=O)NC2CCCCC2)c1. The number of nitrogens with zero attached hydrogens (tertiary/aromatic N) is 1. The van der Waals surface area contributed by atoms with Gasteiger partial charge in [0.15, 0.2) is 6.61 Å². The monoisotopic (exact) mass is 560 g/mol. The summed E-state index contributed by atoms with van der Waals surface area (Å²) in [6.07, 6.45) is 5.66. The molecule has 8 nitrogen and oxygen atoms in total. The van der Waals surface area contributed by atoms with Crippen LogP contribution in [0.1, 0.15) is 43.2 Å². The van der Waals surface area contributed by atoms with Crippen LogP contribution >= 0.6 is 0 Å². The van der Waals surface area contributed by atoms with Crippen molar-refractivity contribution in [1.29, 1.82) is 0 Å². The zero-order valence-corrected chi connectivity index (χ0v) is 24.1. The van der Waals surface area contributed by atoms with E-state index in [-0.39, 0.29) is 31.0 Å². The largest absolute Gasteiger partial charge is 0.497 e. The lowest BCUT2D eigenvalue weighted by molar-refractivity contribution is -0.143. The highest BCUT2D eigenvalue weighted by atomic mass is 16.5. The molecule has 0 aliphatic heterocycles. The predicted octanol–water partition coefficient (Wildman–Crippen LogP) is 5.18. The van der Waals surface area contributed by atoms with Crippen LogP contribution in [0.15, 0.2) is 72.8 Å². The highest BCUT2D eigenvalue weighted by Gasteiger charge is 2.32. The van der Waals surface area contributed by atoms with Crippen LogP contribution in [-0.2, 0) is 22.6 Å². The van der Waals surface area contributed by atoms with Gasteiger partial charge in [-0.05, 0) is 36.1 Å². The van der Waals surface area contributed by atoms with Crippen molar-refractivity contribution in [3.05, 3.63) is 83.9 Å². The van der Waals surface area contributed by atoms with Crippen LogP contribution in [0, 0.1) is 0 Å². The van der Waals surface area contributed by atoms with Crippen LogP contribution in [0.25, 0.3) is 0 Å². The Morgan fingerprint density at radius 1 is 0.780 bits per heavy atom. The summed E-state index contributed by atoms with van der Waals surface area (Å²) in [7, 11) is 4.71. The summed E-state index contributed by atoms with van der Waals surface area (Å²) in [5, 5.41) is 3.26. The molecular weight excluding hydrogens is 520 g/mol. The molecule has 0 unspecified atom stereocenters. The Hall–Kier alpha value is -4.20. The smallest absolute Gasteiger partial charge is 0.261 e. The summed E-state index contributed by atoms with van der Waals surface area (Å²) in [5.41, 5.74) is 1.82. The maximum absolute atomic E-state index is 13.9. The molecule has 1 N–H and O–H groups in total. The van der Waals surface area contributed by atoms with Gasteiger partial charge in [-0.3, -0.25) is 9.59 Å². The summed E-state index contributed by atoms with van der Waals surface area (Å²) in [5.74, 6) is 1.75. The van der Waals surface area contributed by atoms with Crippen molar-refractivity contribution in [2.45, 2.75) is 57.2 Å². The fraction of sp³-hybridized carbons (Fsp3) is 0.394. The minimum atomic E-state index is -0.735. The van der Waals surface area contributed by atoms with E-state index in [0.29, 0.717) is 29.4 Å². The summed E-state index contributed by atoms with van der Waals surface area (Å²) >= 11 is 0. The minimum Gasteiger partial charge on any atom is -0.497 e. The molecule has 0 radical (unpaired) electrons. The summed E-state index contributed by atoms with van der Waals surface area (Å²) in [6, 6.07) is 21.8. The molecule has 218 valence electrons. The topological polar surface area (TPSA) is 86.3 Å². The van der Waals surface area contributed by atoms with E-state index in [1.54, 1.807) is 44.4 Å². The van der Waals surface area contributed by atoms with E-state index in [4.69, 9.17) is 18.9 Å². The Morgan fingerprint density at radius 3 is 2.07 bits per heavy atom. The third kappa shape index (κ3) is 8.64. The second kappa shape index (κ2) is 15.0. The van der Waals surface area contributed by atoms with Crippen LogP contribution in [0.2, 0.25) is 0 Å². The third-order valence-electron chi connectivity index (χ3n) is 7.40. The lowest BCUT2D eigenvalue weighted by Crippen LogP contribution is -2.53. The second-order valence-corrected chi connectivity index (χ2v) is 10.3. The molecule has 3 aromatic carbocycles. The standard InChI is InChI=1S/C33H40N2O6/c1-38-27-16-10-13-25(17-27)22-35(32(36)23-41-30-20-28(39-2)19-29(21-30)40-3)31(18-24-11-6-4-7-12-24)33(37)34-26-14-8-5-9-15-26/h4,6-7,10-13,16-17,19-21,26,31H,5,8-9,14-15,18,22-23H2,1-3H3,(H,34,37)/t31-/m0/s1. The van der Waals surface area contributed by atoms with Gasteiger partial charge in [-0.2, -0.15) is 0 Å². The number of benzene rings is 3. The molecule has 1 atom stereocenters. The first-order chi connectivity index (χ1) is 20.0. The molecule has 0 aromatic heterocycles. The Labute approximate surface area is 242 Å². The first-order valence-corrected chi connectivity index (χ1v) is 14.1. The number of ether oxygens (including phenoxy) is 4. The molecular formula is C33H40N2O6. The molecule has 8 heteroatoms. The summed E-state index contributed by atoms with van der Waals surface area (Å²) in [4.78, 5) is 29.5. The van der Waals surface area contributed by atoms with Gasteiger partial charge in [-0.25, -0.2) is 0 Å². The van der Waals surface area contributed by atoms with Crippen LogP contribution in [0.3, 0.4) is 0 Å². The molecule has 0 heterocycles. The van der Waals surface area contributed by atoms with Gasteiger partial charge in [0.05, 0.1) is 21.3 Å². The van der Waals surface area contributed by atoms with Crippen molar-refractivity contribution < 1.29 is 28.5 Å². The van der Waals surface area contributed by atoms with Crippen LogP contribution < -0.4 is 24.3 Å². The van der Waals surface area contributed by atoms with Crippen molar-refractivity contribution in [3.63, 3.8) is 0 Å². The van der Waals surface area contributed by atoms with Crippen molar-refractivity contribution in [2.75, 3.05) is 27.9 Å². The lowest BCUT2D eigenvalue weighted by atomic mass is 9.94. The maximum atomic E-state index is 13.9. The third-order valence-corrected chi connectivity index (χ3v) is 7.40. The van der Waals surface area contributed by atoms with E-state index >= 15 is 0 Å². The Balaban J connectivity index is 1.63. The fourth-order valence-electron chi connectivity index (χ4n) is 5.16. The molecule has 0 saturated heterocycles. The average molecular weight is 561 g/mol. The van der Waals surface area contributed by atoms with Gasteiger partial charge in [-0.15, -0.1) is 0 Å². The highest BCUT2D eigenvalue weighted by molar-refractivity contribution is 5.88. The van der Waals surface area contributed by atoms with Gasteiger partial charge < -0.3 is 29.2 Å². The normalized spacial score (nSPS) is 14.0. The molecule has 1 aliphatic rings. The number of hydrogen-bond acceptors (Lipinski definition) is 6. The molecule has 1 fully saturated rings.